The van der Waals surface area contributed by atoms with E-state index in [9.17, 15) is 8.78 Å². The van der Waals surface area contributed by atoms with Crippen LogP contribution in [0.4, 0.5) is 8.78 Å². The summed E-state index contributed by atoms with van der Waals surface area (Å²) in [6, 6.07) is 9.14. The Morgan fingerprint density at radius 1 is 1.24 bits per heavy atom. The van der Waals surface area contributed by atoms with Gasteiger partial charge in [-0.15, -0.1) is 0 Å². The molecule has 0 aliphatic carbocycles. The van der Waals surface area contributed by atoms with Gasteiger partial charge in [0, 0.05) is 25.7 Å². The highest BCUT2D eigenvalue weighted by molar-refractivity contribution is 5.79. The smallest absolute Gasteiger partial charge is 0.387 e. The largest absolute Gasteiger partial charge is 0.468 e. The van der Waals surface area contributed by atoms with Crippen LogP contribution in [0.25, 0.3) is 0 Å². The van der Waals surface area contributed by atoms with Crippen molar-refractivity contribution in [3.05, 3.63) is 53.5 Å². The van der Waals surface area contributed by atoms with E-state index in [0.29, 0.717) is 24.6 Å². The van der Waals surface area contributed by atoms with Crippen LogP contribution in [0.3, 0.4) is 0 Å². The van der Waals surface area contributed by atoms with E-state index in [1.165, 1.54) is 12.8 Å². The molecule has 0 spiro atoms. The van der Waals surface area contributed by atoms with Crippen molar-refractivity contribution in [2.75, 3.05) is 26.7 Å². The number of nitrogens with one attached hydrogen (secondary N) is 2. The van der Waals surface area contributed by atoms with Crippen molar-refractivity contribution in [3.8, 4) is 5.75 Å². The predicted molar refractivity (Wildman–Crippen MR) is 108 cm³/mol. The van der Waals surface area contributed by atoms with Gasteiger partial charge in [-0.1, -0.05) is 17.7 Å². The van der Waals surface area contributed by atoms with Crippen LogP contribution in [-0.4, -0.2) is 44.2 Å². The molecule has 1 saturated heterocycles. The van der Waals surface area contributed by atoms with Gasteiger partial charge >= 0.3 is 6.61 Å². The molecule has 1 unspecified atom stereocenters. The third-order valence-electron chi connectivity index (χ3n) is 5.02. The van der Waals surface area contributed by atoms with Crippen LogP contribution in [-0.2, 0) is 6.54 Å². The molecule has 2 N–H and O–H groups in total. The quantitative estimate of drug-likeness (QED) is 0.517. The second kappa shape index (κ2) is 10.2. The number of guanidine groups is 1. The maximum Gasteiger partial charge on any atom is 0.387 e. The molecule has 2 aromatic rings. The highest BCUT2D eigenvalue weighted by atomic mass is 19.3. The van der Waals surface area contributed by atoms with Gasteiger partial charge in [0.05, 0.1) is 12.3 Å². The summed E-state index contributed by atoms with van der Waals surface area (Å²) in [5.41, 5.74) is 1.62. The van der Waals surface area contributed by atoms with E-state index in [2.05, 4.69) is 25.3 Å². The summed E-state index contributed by atoms with van der Waals surface area (Å²) in [5.74, 6) is 1.67. The third-order valence-corrected chi connectivity index (χ3v) is 5.02. The first-order chi connectivity index (χ1) is 14.1. The molecular weight excluding hydrogens is 378 g/mol. The van der Waals surface area contributed by atoms with Gasteiger partial charge in [-0.3, -0.25) is 9.89 Å². The zero-order chi connectivity index (χ0) is 20.6. The molecule has 1 atom stereocenters. The zero-order valence-corrected chi connectivity index (χ0v) is 16.8. The molecule has 0 radical (unpaired) electrons. The molecule has 1 aliphatic rings. The number of likely N-dealkylation sites (tertiary alicyclic amines) is 1. The van der Waals surface area contributed by atoms with Crippen molar-refractivity contribution in [1.29, 1.82) is 0 Å². The van der Waals surface area contributed by atoms with Gasteiger partial charge < -0.3 is 19.8 Å². The summed E-state index contributed by atoms with van der Waals surface area (Å²) in [4.78, 5) is 6.65. The number of ether oxygens (including phenoxy) is 1. The average molecular weight is 406 g/mol. The van der Waals surface area contributed by atoms with Crippen molar-refractivity contribution < 1.29 is 17.9 Å². The standard InChI is InChI=1S/C21H28F2N4O2/c1-15-7-8-18(29-20(22)23)16(12-15)13-25-21(24-2)26-14-17(19-6-5-11-28-19)27-9-3-4-10-27/h5-8,11-12,17,20H,3-4,9-10,13-14H2,1-2H3,(H2,24,25,26). The zero-order valence-electron chi connectivity index (χ0n) is 16.8. The lowest BCUT2D eigenvalue weighted by molar-refractivity contribution is -0.0504. The number of furan rings is 1. The maximum atomic E-state index is 12.7. The topological polar surface area (TPSA) is 62.0 Å². The van der Waals surface area contributed by atoms with Gasteiger partial charge in [0.15, 0.2) is 5.96 Å². The highest BCUT2D eigenvalue weighted by Crippen LogP contribution is 2.25. The number of rotatable bonds is 8. The first-order valence-electron chi connectivity index (χ1n) is 9.83. The molecular formula is C21H28F2N4O2. The van der Waals surface area contributed by atoms with Crippen molar-refractivity contribution in [1.82, 2.24) is 15.5 Å². The molecule has 0 amide bonds. The lowest BCUT2D eigenvalue weighted by Crippen LogP contribution is -2.42. The van der Waals surface area contributed by atoms with Gasteiger partial charge in [0.2, 0.25) is 0 Å². The Labute approximate surface area is 169 Å². The summed E-state index contributed by atoms with van der Waals surface area (Å²) < 4.78 is 35.6. The number of hydrogen-bond donors (Lipinski definition) is 2. The van der Waals surface area contributed by atoms with E-state index < -0.39 is 6.61 Å². The van der Waals surface area contributed by atoms with Gasteiger partial charge in [0.1, 0.15) is 11.5 Å². The van der Waals surface area contributed by atoms with Crippen LogP contribution in [0, 0.1) is 6.92 Å². The van der Waals surface area contributed by atoms with Crippen LogP contribution in [0.5, 0.6) is 5.75 Å². The Morgan fingerprint density at radius 2 is 2.03 bits per heavy atom. The van der Waals surface area contributed by atoms with Crippen molar-refractivity contribution in [2.45, 2.75) is 39.0 Å². The average Bonchev–Trinajstić information content (AvgIpc) is 3.40. The molecule has 1 aromatic heterocycles. The van der Waals surface area contributed by atoms with E-state index in [0.717, 1.165) is 24.4 Å². The van der Waals surface area contributed by atoms with Crippen molar-refractivity contribution in [3.63, 3.8) is 0 Å². The number of aryl methyl sites for hydroxylation is 1. The second-order valence-corrected chi connectivity index (χ2v) is 7.07. The van der Waals surface area contributed by atoms with E-state index in [-0.39, 0.29) is 11.8 Å². The fraction of sp³-hybridized carbons (Fsp3) is 0.476. The minimum Gasteiger partial charge on any atom is -0.468 e. The lowest BCUT2D eigenvalue weighted by atomic mass is 10.1. The molecule has 29 heavy (non-hydrogen) atoms. The van der Waals surface area contributed by atoms with Crippen LogP contribution >= 0.6 is 0 Å². The van der Waals surface area contributed by atoms with E-state index >= 15 is 0 Å². The lowest BCUT2D eigenvalue weighted by Gasteiger charge is -2.26. The maximum absolute atomic E-state index is 12.7. The molecule has 2 heterocycles. The summed E-state index contributed by atoms with van der Waals surface area (Å²) in [5, 5.41) is 6.51. The summed E-state index contributed by atoms with van der Waals surface area (Å²) >= 11 is 0. The molecule has 0 bridgehead atoms. The van der Waals surface area contributed by atoms with Gasteiger partial charge in [-0.25, -0.2) is 0 Å². The molecule has 158 valence electrons. The Balaban J connectivity index is 1.61. The summed E-state index contributed by atoms with van der Waals surface area (Å²) in [6.07, 6.45) is 4.06. The first-order valence-corrected chi connectivity index (χ1v) is 9.83. The van der Waals surface area contributed by atoms with Crippen LogP contribution < -0.4 is 15.4 Å². The van der Waals surface area contributed by atoms with Gasteiger partial charge in [-0.05, 0) is 51.1 Å². The molecule has 1 fully saturated rings. The molecule has 3 rings (SSSR count). The van der Waals surface area contributed by atoms with Crippen molar-refractivity contribution in [2.24, 2.45) is 4.99 Å². The third kappa shape index (κ3) is 5.93. The first kappa shape index (κ1) is 21.1. The summed E-state index contributed by atoms with van der Waals surface area (Å²) in [6.45, 7) is 2.07. The van der Waals surface area contributed by atoms with Gasteiger partial charge in [0.25, 0.3) is 0 Å². The molecule has 6 nitrogen and oxygen atoms in total. The minimum absolute atomic E-state index is 0.114. The predicted octanol–water partition coefficient (Wildman–Crippen LogP) is 3.69. The molecule has 0 saturated carbocycles. The van der Waals surface area contributed by atoms with E-state index in [1.807, 2.05) is 25.1 Å². The van der Waals surface area contributed by atoms with Crippen LogP contribution in [0.2, 0.25) is 0 Å². The van der Waals surface area contributed by atoms with E-state index in [4.69, 9.17) is 4.42 Å². The number of nitrogens with zero attached hydrogens (tertiary/aromatic N) is 2. The number of benzene rings is 1. The Morgan fingerprint density at radius 3 is 2.69 bits per heavy atom. The number of hydrogen-bond acceptors (Lipinski definition) is 4. The van der Waals surface area contributed by atoms with Crippen LogP contribution in [0.15, 0.2) is 46.0 Å². The summed E-state index contributed by atoms with van der Waals surface area (Å²) in [7, 11) is 1.68. The minimum atomic E-state index is -2.86. The normalized spacial score (nSPS) is 16.2. The highest BCUT2D eigenvalue weighted by Gasteiger charge is 2.25. The molecule has 1 aliphatic heterocycles. The Kier molecular flexibility index (Phi) is 7.46. The number of halogens is 2. The molecule has 8 heteroatoms. The second-order valence-electron chi connectivity index (χ2n) is 7.07. The SMILES string of the molecule is CN=C(NCc1cc(C)ccc1OC(F)F)NCC(c1ccco1)N1CCCC1. The van der Waals surface area contributed by atoms with Crippen LogP contribution in [0.1, 0.15) is 35.8 Å². The van der Waals surface area contributed by atoms with E-state index in [1.54, 1.807) is 25.4 Å². The Hall–Kier alpha value is -2.61. The fourth-order valence-electron chi connectivity index (χ4n) is 3.59. The Bertz CT molecular complexity index is 790. The molecule has 1 aromatic carbocycles. The number of alkyl halides is 2. The monoisotopic (exact) mass is 406 g/mol. The fourth-order valence-corrected chi connectivity index (χ4v) is 3.59. The van der Waals surface area contributed by atoms with Crippen molar-refractivity contribution >= 4 is 5.96 Å². The number of aliphatic imine (C=N–C) groups is 1. The van der Waals surface area contributed by atoms with Gasteiger partial charge in [-0.2, -0.15) is 8.78 Å².